The first-order chi connectivity index (χ1) is 5.52. The van der Waals surface area contributed by atoms with Gasteiger partial charge in [-0.25, -0.2) is 0 Å². The van der Waals surface area contributed by atoms with Crippen molar-refractivity contribution in [3.8, 4) is 0 Å². The second kappa shape index (κ2) is 3.39. The molecule has 4 heteroatoms. The third kappa shape index (κ3) is 2.44. The van der Waals surface area contributed by atoms with Gasteiger partial charge in [0.2, 0.25) is 6.54 Å². The second-order valence-corrected chi connectivity index (χ2v) is 3.92. The molecule has 1 aliphatic rings. The summed E-state index contributed by atoms with van der Waals surface area (Å²) in [6.07, 6.45) is 3.15. The van der Waals surface area contributed by atoms with Crippen molar-refractivity contribution in [3.63, 3.8) is 0 Å². The molecule has 0 aromatic heterocycles. The smallest absolute Gasteiger partial charge is 0.232 e. The van der Waals surface area contributed by atoms with Gasteiger partial charge in [-0.2, -0.15) is 0 Å². The molecule has 0 aromatic carbocycles. The fourth-order valence-electron chi connectivity index (χ4n) is 2.02. The van der Waals surface area contributed by atoms with Crippen molar-refractivity contribution in [2.45, 2.75) is 38.2 Å². The molecule has 0 aromatic rings. The van der Waals surface area contributed by atoms with Gasteiger partial charge in [-0.15, -0.1) is 0 Å². The predicted molar refractivity (Wildman–Crippen MR) is 44.4 cm³/mol. The van der Waals surface area contributed by atoms with E-state index in [1.165, 1.54) is 0 Å². The molecule has 0 unspecified atom stereocenters. The molecular weight excluding hydrogens is 158 g/mol. The second-order valence-electron chi connectivity index (χ2n) is 3.92. The van der Waals surface area contributed by atoms with Crippen molar-refractivity contribution in [1.29, 1.82) is 0 Å². The van der Waals surface area contributed by atoms with Crippen molar-refractivity contribution in [1.82, 2.24) is 0 Å². The summed E-state index contributed by atoms with van der Waals surface area (Å²) in [5.41, 5.74) is -1.03. The maximum absolute atomic E-state index is 10.2. The van der Waals surface area contributed by atoms with Gasteiger partial charge in [0.1, 0.15) is 5.60 Å². The minimum absolute atomic E-state index is 0.294. The SMILES string of the molecule is C[C@H]1CCC[C@](O)(C[N+](=O)[O-])C1. The molecule has 12 heavy (non-hydrogen) atoms. The molecule has 0 bridgehead atoms. The zero-order valence-corrected chi connectivity index (χ0v) is 7.32. The van der Waals surface area contributed by atoms with Crippen LogP contribution in [0.4, 0.5) is 0 Å². The Bertz CT molecular complexity index is 183. The number of rotatable bonds is 2. The summed E-state index contributed by atoms with van der Waals surface area (Å²) >= 11 is 0. The van der Waals surface area contributed by atoms with E-state index in [1.54, 1.807) is 0 Å². The predicted octanol–water partition coefficient (Wildman–Crippen LogP) is 1.20. The number of hydrogen-bond donors (Lipinski definition) is 1. The first-order valence-corrected chi connectivity index (χ1v) is 4.36. The summed E-state index contributed by atoms with van der Waals surface area (Å²) in [5.74, 6) is 0.420. The Kier molecular flexibility index (Phi) is 2.67. The standard InChI is InChI=1S/C8H15NO3/c1-7-3-2-4-8(10,5-7)6-9(11)12/h7,10H,2-6H2,1H3/t7-,8+/m0/s1. The highest BCUT2D eigenvalue weighted by Crippen LogP contribution is 2.31. The Morgan fingerprint density at radius 2 is 2.42 bits per heavy atom. The van der Waals surface area contributed by atoms with E-state index in [1.807, 2.05) is 6.92 Å². The largest absolute Gasteiger partial charge is 0.383 e. The van der Waals surface area contributed by atoms with Crippen molar-refractivity contribution >= 4 is 0 Å². The van der Waals surface area contributed by atoms with Gasteiger partial charge in [0.05, 0.1) is 0 Å². The molecule has 1 fully saturated rings. The quantitative estimate of drug-likeness (QED) is 0.504. The molecule has 1 saturated carbocycles. The molecular formula is C8H15NO3. The van der Waals surface area contributed by atoms with Crippen LogP contribution in [-0.2, 0) is 0 Å². The fourth-order valence-corrected chi connectivity index (χ4v) is 2.02. The van der Waals surface area contributed by atoms with Crippen LogP contribution in [0.25, 0.3) is 0 Å². The van der Waals surface area contributed by atoms with Crippen LogP contribution >= 0.6 is 0 Å². The van der Waals surface area contributed by atoms with Gasteiger partial charge in [0, 0.05) is 4.92 Å². The van der Waals surface area contributed by atoms with Crippen molar-refractivity contribution < 1.29 is 10.0 Å². The highest BCUT2D eigenvalue weighted by Gasteiger charge is 2.37. The fraction of sp³-hybridized carbons (Fsp3) is 1.00. The van der Waals surface area contributed by atoms with Crippen LogP contribution in [0.3, 0.4) is 0 Å². The first kappa shape index (κ1) is 9.45. The lowest BCUT2D eigenvalue weighted by atomic mass is 9.79. The molecule has 1 rings (SSSR count). The van der Waals surface area contributed by atoms with Gasteiger partial charge in [-0.1, -0.05) is 19.8 Å². The molecule has 0 spiro atoms. The molecule has 2 atom stereocenters. The van der Waals surface area contributed by atoms with E-state index in [2.05, 4.69) is 0 Å². The van der Waals surface area contributed by atoms with E-state index in [9.17, 15) is 15.2 Å². The average molecular weight is 173 g/mol. The van der Waals surface area contributed by atoms with Crippen molar-refractivity contribution in [2.75, 3.05) is 6.54 Å². The van der Waals surface area contributed by atoms with Crippen molar-refractivity contribution in [2.24, 2.45) is 5.92 Å². The summed E-state index contributed by atoms with van der Waals surface area (Å²) in [7, 11) is 0. The lowest BCUT2D eigenvalue weighted by molar-refractivity contribution is -0.502. The molecule has 70 valence electrons. The van der Waals surface area contributed by atoms with Gasteiger partial charge in [0.15, 0.2) is 0 Å². The molecule has 0 radical (unpaired) electrons. The summed E-state index contributed by atoms with van der Waals surface area (Å²) < 4.78 is 0. The minimum atomic E-state index is -1.03. The van der Waals surface area contributed by atoms with E-state index in [0.717, 1.165) is 12.8 Å². The van der Waals surface area contributed by atoms with Crippen LogP contribution in [0, 0.1) is 16.0 Å². The Hall–Kier alpha value is -0.640. The lowest BCUT2D eigenvalue weighted by Gasteiger charge is -2.31. The zero-order valence-electron chi connectivity index (χ0n) is 7.32. The van der Waals surface area contributed by atoms with E-state index in [-0.39, 0.29) is 6.54 Å². The normalized spacial score (nSPS) is 36.3. The molecule has 0 amide bonds. The van der Waals surface area contributed by atoms with E-state index in [0.29, 0.717) is 18.8 Å². The summed E-state index contributed by atoms with van der Waals surface area (Å²) in [5, 5.41) is 20.0. The van der Waals surface area contributed by atoms with Gasteiger partial charge >= 0.3 is 0 Å². The zero-order chi connectivity index (χ0) is 9.19. The van der Waals surface area contributed by atoms with E-state index in [4.69, 9.17) is 0 Å². The van der Waals surface area contributed by atoms with Crippen LogP contribution in [0.2, 0.25) is 0 Å². The van der Waals surface area contributed by atoms with Crippen LogP contribution in [0.1, 0.15) is 32.6 Å². The highest BCUT2D eigenvalue weighted by atomic mass is 16.6. The number of aliphatic hydroxyl groups is 1. The Morgan fingerprint density at radius 3 is 2.92 bits per heavy atom. The molecule has 4 nitrogen and oxygen atoms in total. The Labute approximate surface area is 71.7 Å². The van der Waals surface area contributed by atoms with Gasteiger partial charge < -0.3 is 5.11 Å². The topological polar surface area (TPSA) is 63.4 Å². The number of nitro groups is 1. The number of nitrogens with zero attached hydrogens (tertiary/aromatic N) is 1. The van der Waals surface area contributed by atoms with E-state index >= 15 is 0 Å². The van der Waals surface area contributed by atoms with E-state index < -0.39 is 10.5 Å². The Morgan fingerprint density at radius 1 is 1.75 bits per heavy atom. The Balaban J connectivity index is 2.51. The average Bonchev–Trinajstić information content (AvgIpc) is 1.82. The molecule has 0 heterocycles. The summed E-state index contributed by atoms with van der Waals surface area (Å²) in [4.78, 5) is 9.81. The third-order valence-corrected chi connectivity index (χ3v) is 2.49. The van der Waals surface area contributed by atoms with Gasteiger partial charge in [-0.05, 0) is 18.8 Å². The lowest BCUT2D eigenvalue weighted by Crippen LogP contribution is -2.41. The molecule has 0 aliphatic heterocycles. The summed E-state index contributed by atoms with van der Waals surface area (Å²) in [6, 6.07) is 0. The molecule has 0 saturated heterocycles. The van der Waals surface area contributed by atoms with Crippen LogP contribution in [-0.4, -0.2) is 22.2 Å². The first-order valence-electron chi connectivity index (χ1n) is 4.36. The summed E-state index contributed by atoms with van der Waals surface area (Å²) in [6.45, 7) is 1.74. The minimum Gasteiger partial charge on any atom is -0.383 e. The van der Waals surface area contributed by atoms with Gasteiger partial charge in [-0.3, -0.25) is 10.1 Å². The maximum Gasteiger partial charge on any atom is 0.232 e. The monoisotopic (exact) mass is 173 g/mol. The maximum atomic E-state index is 10.2. The number of hydrogen-bond acceptors (Lipinski definition) is 3. The van der Waals surface area contributed by atoms with Crippen LogP contribution < -0.4 is 0 Å². The molecule has 1 N–H and O–H groups in total. The van der Waals surface area contributed by atoms with Crippen LogP contribution in [0.15, 0.2) is 0 Å². The van der Waals surface area contributed by atoms with Crippen molar-refractivity contribution in [3.05, 3.63) is 10.1 Å². The molecule has 1 aliphatic carbocycles. The highest BCUT2D eigenvalue weighted by molar-refractivity contribution is 4.84. The van der Waals surface area contributed by atoms with Gasteiger partial charge in [0.25, 0.3) is 0 Å². The van der Waals surface area contributed by atoms with Crippen LogP contribution in [0.5, 0.6) is 0 Å². The third-order valence-electron chi connectivity index (χ3n) is 2.49.